The van der Waals surface area contributed by atoms with Crippen molar-refractivity contribution in [2.45, 2.75) is 39.9 Å². The summed E-state index contributed by atoms with van der Waals surface area (Å²) in [5.74, 6) is 0.802. The molecule has 0 fully saturated rings. The summed E-state index contributed by atoms with van der Waals surface area (Å²) >= 11 is 0. The van der Waals surface area contributed by atoms with Crippen molar-refractivity contribution in [3.63, 3.8) is 0 Å². The Hall–Kier alpha value is -1.85. The lowest BCUT2D eigenvalue weighted by atomic mass is 10.3. The molecule has 0 aromatic carbocycles. The van der Waals surface area contributed by atoms with Crippen molar-refractivity contribution in [2.75, 3.05) is 12.0 Å². The Morgan fingerprint density at radius 1 is 1.26 bits per heavy atom. The van der Waals surface area contributed by atoms with Crippen LogP contribution in [0.5, 0.6) is 0 Å². The van der Waals surface area contributed by atoms with Gasteiger partial charge in [-0.05, 0) is 13.3 Å². The number of rotatable bonds is 7. The number of aromatic nitrogens is 4. The predicted molar refractivity (Wildman–Crippen MR) is 72.8 cm³/mol. The van der Waals surface area contributed by atoms with E-state index in [1.807, 2.05) is 30.2 Å². The SMILES string of the molecule is CCCn1cc(CNc2nn(CCF)cc2C)cn1. The molecule has 0 atom stereocenters. The first-order chi connectivity index (χ1) is 9.22. The molecule has 2 aromatic heterocycles. The lowest BCUT2D eigenvalue weighted by Gasteiger charge is -2.01. The quantitative estimate of drug-likeness (QED) is 0.836. The highest BCUT2D eigenvalue weighted by atomic mass is 19.1. The first kappa shape index (κ1) is 13.6. The smallest absolute Gasteiger partial charge is 0.151 e. The van der Waals surface area contributed by atoms with E-state index in [-0.39, 0.29) is 0 Å². The van der Waals surface area contributed by atoms with Crippen LogP contribution in [0, 0.1) is 6.92 Å². The molecule has 104 valence electrons. The number of nitrogens with one attached hydrogen (secondary N) is 1. The third-order valence-electron chi connectivity index (χ3n) is 2.86. The Balaban J connectivity index is 1.93. The van der Waals surface area contributed by atoms with E-state index in [1.165, 1.54) is 0 Å². The van der Waals surface area contributed by atoms with Crippen LogP contribution in [-0.4, -0.2) is 26.2 Å². The second-order valence-corrected chi connectivity index (χ2v) is 4.58. The summed E-state index contributed by atoms with van der Waals surface area (Å²) in [7, 11) is 0. The minimum Gasteiger partial charge on any atom is -0.364 e. The van der Waals surface area contributed by atoms with Crippen molar-refractivity contribution in [3.05, 3.63) is 29.7 Å². The van der Waals surface area contributed by atoms with Crippen LogP contribution in [0.1, 0.15) is 24.5 Å². The van der Waals surface area contributed by atoms with Gasteiger partial charge in [0.05, 0.1) is 12.7 Å². The third-order valence-corrected chi connectivity index (χ3v) is 2.86. The molecule has 0 bridgehead atoms. The Morgan fingerprint density at radius 2 is 2.11 bits per heavy atom. The fourth-order valence-electron chi connectivity index (χ4n) is 1.93. The van der Waals surface area contributed by atoms with Crippen LogP contribution >= 0.6 is 0 Å². The average Bonchev–Trinajstić information content (AvgIpc) is 2.95. The highest BCUT2D eigenvalue weighted by molar-refractivity contribution is 5.42. The van der Waals surface area contributed by atoms with E-state index < -0.39 is 6.67 Å². The van der Waals surface area contributed by atoms with Crippen molar-refractivity contribution in [1.29, 1.82) is 0 Å². The third kappa shape index (κ3) is 3.56. The molecule has 0 saturated heterocycles. The van der Waals surface area contributed by atoms with Gasteiger partial charge in [0.15, 0.2) is 5.82 Å². The largest absolute Gasteiger partial charge is 0.364 e. The maximum Gasteiger partial charge on any atom is 0.151 e. The molecule has 0 amide bonds. The second kappa shape index (κ2) is 6.36. The summed E-state index contributed by atoms with van der Waals surface area (Å²) in [5, 5.41) is 11.8. The maximum atomic E-state index is 12.3. The lowest BCUT2D eigenvalue weighted by molar-refractivity contribution is 0.427. The number of aryl methyl sites for hydroxylation is 3. The highest BCUT2D eigenvalue weighted by Gasteiger charge is 2.05. The highest BCUT2D eigenvalue weighted by Crippen LogP contribution is 2.12. The van der Waals surface area contributed by atoms with Crippen molar-refractivity contribution in [2.24, 2.45) is 0 Å². The molecule has 5 nitrogen and oxygen atoms in total. The number of hydrogen-bond donors (Lipinski definition) is 1. The van der Waals surface area contributed by atoms with Crippen molar-refractivity contribution in [1.82, 2.24) is 19.6 Å². The zero-order chi connectivity index (χ0) is 13.7. The fourth-order valence-corrected chi connectivity index (χ4v) is 1.93. The zero-order valence-corrected chi connectivity index (χ0v) is 11.4. The zero-order valence-electron chi connectivity index (χ0n) is 11.4. The molecule has 0 radical (unpaired) electrons. The van der Waals surface area contributed by atoms with Crippen LogP contribution in [0.3, 0.4) is 0 Å². The molecule has 19 heavy (non-hydrogen) atoms. The van der Waals surface area contributed by atoms with E-state index in [4.69, 9.17) is 0 Å². The van der Waals surface area contributed by atoms with Gasteiger partial charge in [-0.1, -0.05) is 6.92 Å². The number of alkyl halides is 1. The normalized spacial score (nSPS) is 10.9. The summed E-state index contributed by atoms with van der Waals surface area (Å²) < 4.78 is 15.8. The molecule has 0 aliphatic carbocycles. The number of hydrogen-bond acceptors (Lipinski definition) is 3. The fraction of sp³-hybridized carbons (Fsp3) is 0.538. The first-order valence-corrected chi connectivity index (χ1v) is 6.58. The molecule has 2 rings (SSSR count). The molecular formula is C13H20FN5. The Morgan fingerprint density at radius 3 is 2.84 bits per heavy atom. The Bertz CT molecular complexity index is 517. The summed E-state index contributed by atoms with van der Waals surface area (Å²) in [6, 6.07) is 0. The van der Waals surface area contributed by atoms with Crippen LogP contribution in [-0.2, 0) is 19.6 Å². The molecule has 0 unspecified atom stereocenters. The van der Waals surface area contributed by atoms with Crippen molar-refractivity contribution >= 4 is 5.82 Å². The van der Waals surface area contributed by atoms with Crippen LogP contribution < -0.4 is 5.32 Å². The topological polar surface area (TPSA) is 47.7 Å². The van der Waals surface area contributed by atoms with Crippen molar-refractivity contribution < 1.29 is 4.39 Å². The van der Waals surface area contributed by atoms with Gasteiger partial charge in [0.25, 0.3) is 0 Å². The van der Waals surface area contributed by atoms with Gasteiger partial charge in [-0.15, -0.1) is 0 Å². The minimum atomic E-state index is -0.398. The molecule has 0 saturated carbocycles. The van der Waals surface area contributed by atoms with E-state index in [9.17, 15) is 4.39 Å². The molecule has 2 heterocycles. The van der Waals surface area contributed by atoms with Gasteiger partial charge in [0, 0.05) is 36.6 Å². The summed E-state index contributed by atoms with van der Waals surface area (Å²) in [6.07, 6.45) is 6.81. The maximum absolute atomic E-state index is 12.3. The monoisotopic (exact) mass is 265 g/mol. The van der Waals surface area contributed by atoms with E-state index in [1.54, 1.807) is 4.68 Å². The van der Waals surface area contributed by atoms with Gasteiger partial charge >= 0.3 is 0 Å². The summed E-state index contributed by atoms with van der Waals surface area (Å²) in [5.41, 5.74) is 2.14. The number of nitrogens with zero attached hydrogens (tertiary/aromatic N) is 4. The standard InChI is InChI=1S/C13H20FN5/c1-3-5-18-10-12(8-16-18)7-15-13-11(2)9-19(17-13)6-4-14/h8-10H,3-7H2,1-2H3,(H,15,17). The van der Waals surface area contributed by atoms with Gasteiger partial charge < -0.3 is 5.32 Å². The van der Waals surface area contributed by atoms with Crippen LogP contribution in [0.25, 0.3) is 0 Å². The minimum absolute atomic E-state index is 0.303. The molecule has 0 spiro atoms. The first-order valence-electron chi connectivity index (χ1n) is 6.58. The molecule has 0 aliphatic heterocycles. The van der Waals surface area contributed by atoms with E-state index in [2.05, 4.69) is 22.4 Å². The van der Waals surface area contributed by atoms with Crippen molar-refractivity contribution in [3.8, 4) is 0 Å². The van der Waals surface area contributed by atoms with Gasteiger partial charge in [-0.2, -0.15) is 10.2 Å². The molecule has 2 aromatic rings. The molecule has 0 aliphatic rings. The predicted octanol–water partition coefficient (Wildman–Crippen LogP) is 2.38. The van der Waals surface area contributed by atoms with Gasteiger partial charge in [0.1, 0.15) is 6.67 Å². The molecular weight excluding hydrogens is 245 g/mol. The second-order valence-electron chi connectivity index (χ2n) is 4.58. The lowest BCUT2D eigenvalue weighted by Crippen LogP contribution is -2.03. The van der Waals surface area contributed by atoms with Gasteiger partial charge in [0.2, 0.25) is 0 Å². The van der Waals surface area contributed by atoms with Crippen LogP contribution in [0.15, 0.2) is 18.6 Å². The van der Waals surface area contributed by atoms with Gasteiger partial charge in [-0.3, -0.25) is 9.36 Å². The molecule has 6 heteroatoms. The summed E-state index contributed by atoms with van der Waals surface area (Å²) in [4.78, 5) is 0. The van der Waals surface area contributed by atoms with Gasteiger partial charge in [-0.25, -0.2) is 4.39 Å². The number of halogens is 1. The Kier molecular flexibility index (Phi) is 4.54. The molecule has 1 N–H and O–H groups in total. The van der Waals surface area contributed by atoms with E-state index >= 15 is 0 Å². The van der Waals surface area contributed by atoms with E-state index in [0.717, 1.165) is 29.9 Å². The number of anilines is 1. The average molecular weight is 265 g/mol. The van der Waals surface area contributed by atoms with Crippen LogP contribution in [0.4, 0.5) is 10.2 Å². The van der Waals surface area contributed by atoms with E-state index in [0.29, 0.717) is 13.1 Å². The van der Waals surface area contributed by atoms with Crippen LogP contribution in [0.2, 0.25) is 0 Å². The summed E-state index contributed by atoms with van der Waals surface area (Å²) in [6.45, 7) is 5.60. The Labute approximate surface area is 112 Å².